The van der Waals surface area contributed by atoms with Crippen molar-refractivity contribution in [1.82, 2.24) is 9.62 Å². The molecule has 0 saturated carbocycles. The van der Waals surface area contributed by atoms with Crippen LogP contribution < -0.4 is 5.32 Å². The average Bonchev–Trinajstić information content (AvgIpc) is 2.68. The smallest absolute Gasteiger partial charge is 0.251 e. The number of rotatable bonds is 6. The summed E-state index contributed by atoms with van der Waals surface area (Å²) in [5, 5.41) is 2.87. The highest BCUT2D eigenvalue weighted by Crippen LogP contribution is 2.14. The maximum atomic E-state index is 12.4. The third-order valence-electron chi connectivity index (χ3n) is 4.50. The molecule has 0 aromatic heterocycles. The summed E-state index contributed by atoms with van der Waals surface area (Å²) in [6, 6.07) is 14.7. The molecule has 0 spiro atoms. The Labute approximate surface area is 160 Å². The van der Waals surface area contributed by atoms with Crippen LogP contribution in [0.2, 0.25) is 0 Å². The molecule has 2 aromatic carbocycles. The molecule has 1 heterocycles. The number of nitrogens with zero attached hydrogens (tertiary/aromatic N) is 1. The molecule has 1 N–H and O–H groups in total. The Bertz CT molecular complexity index is 871. The summed E-state index contributed by atoms with van der Waals surface area (Å²) in [5.41, 5.74) is 3.38. The minimum atomic E-state index is -3.37. The predicted molar refractivity (Wildman–Crippen MR) is 104 cm³/mol. The zero-order valence-corrected chi connectivity index (χ0v) is 16.2. The van der Waals surface area contributed by atoms with Gasteiger partial charge in [0.15, 0.2) is 0 Å². The lowest BCUT2D eigenvalue weighted by Crippen LogP contribution is -2.41. The van der Waals surface area contributed by atoms with E-state index in [1.165, 1.54) is 9.87 Å². The second kappa shape index (κ2) is 8.65. The lowest BCUT2D eigenvalue weighted by Gasteiger charge is -2.26. The van der Waals surface area contributed by atoms with Crippen LogP contribution >= 0.6 is 0 Å². The van der Waals surface area contributed by atoms with E-state index in [0.717, 1.165) is 5.56 Å². The third-order valence-corrected chi connectivity index (χ3v) is 6.35. The number of carbonyl (C=O) groups is 1. The summed E-state index contributed by atoms with van der Waals surface area (Å²) in [5.74, 6) is -0.253. The van der Waals surface area contributed by atoms with Crippen molar-refractivity contribution in [2.75, 3.05) is 26.3 Å². The first-order chi connectivity index (χ1) is 12.9. The maximum absolute atomic E-state index is 12.4. The van der Waals surface area contributed by atoms with Crippen LogP contribution in [0.25, 0.3) is 0 Å². The second-order valence-corrected chi connectivity index (χ2v) is 8.60. The SMILES string of the molecule is Cc1ccc(CNC(=O)c2ccc(CS(=O)(=O)N3CCOCC3)cc2)cc1. The molecule has 0 aliphatic carbocycles. The minimum absolute atomic E-state index is 0.0712. The Kier molecular flexibility index (Phi) is 6.26. The van der Waals surface area contributed by atoms with Gasteiger partial charge in [0.2, 0.25) is 10.0 Å². The van der Waals surface area contributed by atoms with Crippen LogP contribution in [0.3, 0.4) is 0 Å². The predicted octanol–water partition coefficient (Wildman–Crippen LogP) is 2.09. The van der Waals surface area contributed by atoms with E-state index in [0.29, 0.717) is 44.0 Å². The van der Waals surface area contributed by atoms with Crippen LogP contribution in [-0.2, 0) is 27.1 Å². The number of carbonyl (C=O) groups excluding carboxylic acids is 1. The second-order valence-electron chi connectivity index (χ2n) is 6.63. The molecule has 1 saturated heterocycles. The summed E-state index contributed by atoms with van der Waals surface area (Å²) in [4.78, 5) is 12.3. The van der Waals surface area contributed by atoms with Gasteiger partial charge in [-0.1, -0.05) is 42.0 Å². The van der Waals surface area contributed by atoms with Gasteiger partial charge in [0.1, 0.15) is 0 Å². The molecule has 2 aromatic rings. The highest BCUT2D eigenvalue weighted by Gasteiger charge is 2.24. The molecule has 3 rings (SSSR count). The summed E-state index contributed by atoms with van der Waals surface area (Å²) in [6.07, 6.45) is 0. The zero-order valence-electron chi connectivity index (χ0n) is 15.3. The van der Waals surface area contributed by atoms with Gasteiger partial charge in [0, 0.05) is 25.2 Å². The Balaban J connectivity index is 1.57. The fourth-order valence-corrected chi connectivity index (χ4v) is 4.37. The van der Waals surface area contributed by atoms with Gasteiger partial charge in [-0.05, 0) is 30.2 Å². The number of nitrogens with one attached hydrogen (secondary N) is 1. The number of aryl methyl sites for hydroxylation is 1. The first-order valence-corrected chi connectivity index (χ1v) is 10.5. The van der Waals surface area contributed by atoms with E-state index in [9.17, 15) is 13.2 Å². The minimum Gasteiger partial charge on any atom is -0.379 e. The molecular formula is C20H24N2O4S. The number of amides is 1. The van der Waals surface area contributed by atoms with E-state index < -0.39 is 10.0 Å². The number of ether oxygens (including phenoxy) is 1. The molecular weight excluding hydrogens is 364 g/mol. The molecule has 0 bridgehead atoms. The maximum Gasteiger partial charge on any atom is 0.251 e. The summed E-state index contributed by atoms with van der Waals surface area (Å²) < 4.78 is 31.6. The third kappa shape index (κ3) is 5.38. The quantitative estimate of drug-likeness (QED) is 0.822. The van der Waals surface area contributed by atoms with E-state index in [2.05, 4.69) is 5.32 Å². The summed E-state index contributed by atoms with van der Waals surface area (Å²) in [6.45, 7) is 4.11. The molecule has 0 atom stereocenters. The highest BCUT2D eigenvalue weighted by molar-refractivity contribution is 7.88. The van der Waals surface area contributed by atoms with Gasteiger partial charge < -0.3 is 10.1 Å². The monoisotopic (exact) mass is 388 g/mol. The molecule has 1 aliphatic rings. The first kappa shape index (κ1) is 19.5. The first-order valence-electron chi connectivity index (χ1n) is 8.92. The van der Waals surface area contributed by atoms with Crippen LogP contribution in [0.1, 0.15) is 27.0 Å². The van der Waals surface area contributed by atoms with Crippen molar-refractivity contribution in [2.45, 2.75) is 19.2 Å². The Morgan fingerprint density at radius 2 is 1.59 bits per heavy atom. The van der Waals surface area contributed by atoms with Crippen molar-refractivity contribution in [2.24, 2.45) is 0 Å². The van der Waals surface area contributed by atoms with Gasteiger partial charge in [0.05, 0.1) is 19.0 Å². The van der Waals surface area contributed by atoms with E-state index in [4.69, 9.17) is 4.74 Å². The molecule has 144 valence electrons. The van der Waals surface area contributed by atoms with Crippen molar-refractivity contribution in [3.63, 3.8) is 0 Å². The van der Waals surface area contributed by atoms with E-state index in [1.807, 2.05) is 31.2 Å². The van der Waals surface area contributed by atoms with Gasteiger partial charge in [-0.2, -0.15) is 4.31 Å². The van der Waals surface area contributed by atoms with Crippen LogP contribution in [0.4, 0.5) is 0 Å². The van der Waals surface area contributed by atoms with Crippen molar-refractivity contribution in [1.29, 1.82) is 0 Å². The normalized spacial score (nSPS) is 15.4. The number of morpholine rings is 1. The molecule has 0 radical (unpaired) electrons. The Hall–Kier alpha value is -2.22. The fraction of sp³-hybridized carbons (Fsp3) is 0.350. The fourth-order valence-electron chi connectivity index (χ4n) is 2.87. The van der Waals surface area contributed by atoms with E-state index in [1.54, 1.807) is 24.3 Å². The highest BCUT2D eigenvalue weighted by atomic mass is 32.2. The largest absolute Gasteiger partial charge is 0.379 e. The van der Waals surface area contributed by atoms with Gasteiger partial charge in [-0.3, -0.25) is 4.79 Å². The molecule has 27 heavy (non-hydrogen) atoms. The van der Waals surface area contributed by atoms with Gasteiger partial charge >= 0.3 is 0 Å². The van der Waals surface area contributed by atoms with Crippen LogP contribution in [0.5, 0.6) is 0 Å². The van der Waals surface area contributed by atoms with Gasteiger partial charge in [0.25, 0.3) is 5.91 Å². The average molecular weight is 388 g/mol. The Morgan fingerprint density at radius 1 is 1.00 bits per heavy atom. The molecule has 1 amide bonds. The number of sulfonamides is 1. The van der Waals surface area contributed by atoms with Gasteiger partial charge in [-0.15, -0.1) is 0 Å². The molecule has 6 nitrogen and oxygen atoms in total. The molecule has 0 unspecified atom stereocenters. The van der Waals surface area contributed by atoms with Crippen molar-refractivity contribution >= 4 is 15.9 Å². The number of benzene rings is 2. The number of hydrogen-bond acceptors (Lipinski definition) is 4. The van der Waals surface area contributed by atoms with Crippen LogP contribution in [-0.4, -0.2) is 44.9 Å². The molecule has 1 aliphatic heterocycles. The van der Waals surface area contributed by atoms with Crippen molar-refractivity contribution in [3.8, 4) is 0 Å². The van der Waals surface area contributed by atoms with Crippen molar-refractivity contribution in [3.05, 3.63) is 70.8 Å². The van der Waals surface area contributed by atoms with Crippen LogP contribution in [0, 0.1) is 6.92 Å². The molecule has 1 fully saturated rings. The van der Waals surface area contributed by atoms with Crippen molar-refractivity contribution < 1.29 is 17.9 Å². The van der Waals surface area contributed by atoms with E-state index >= 15 is 0 Å². The standard InChI is InChI=1S/C20H24N2O4S/c1-16-2-4-17(5-3-16)14-21-20(23)19-8-6-18(7-9-19)15-27(24,25)22-10-12-26-13-11-22/h2-9H,10-15H2,1H3,(H,21,23). The zero-order chi connectivity index (χ0) is 19.3. The number of hydrogen-bond donors (Lipinski definition) is 1. The summed E-state index contributed by atoms with van der Waals surface area (Å²) in [7, 11) is -3.37. The molecule has 7 heteroatoms. The lowest BCUT2D eigenvalue weighted by atomic mass is 10.1. The lowest BCUT2D eigenvalue weighted by molar-refractivity contribution is 0.0729. The Morgan fingerprint density at radius 3 is 2.22 bits per heavy atom. The van der Waals surface area contributed by atoms with Crippen LogP contribution in [0.15, 0.2) is 48.5 Å². The topological polar surface area (TPSA) is 75.7 Å². The van der Waals surface area contributed by atoms with Gasteiger partial charge in [-0.25, -0.2) is 8.42 Å². The summed E-state index contributed by atoms with van der Waals surface area (Å²) >= 11 is 0. The van der Waals surface area contributed by atoms with E-state index in [-0.39, 0.29) is 11.7 Å².